The van der Waals surface area contributed by atoms with Gasteiger partial charge in [-0.3, -0.25) is 0 Å². The average molecular weight is 400 g/mol. The van der Waals surface area contributed by atoms with Crippen LogP contribution in [0.25, 0.3) is 0 Å². The Labute approximate surface area is 172 Å². The van der Waals surface area contributed by atoms with Crippen LogP contribution in [-0.4, -0.2) is 27.0 Å². The number of para-hydroxylation sites is 1. The third kappa shape index (κ3) is 5.91. The standard InChI is InChI=1S/C23H28O6/c1-7-12-27-22(24)29-16-13-20(25-5)17(21(14-16)26-6)15-28-19-11-9-8-10-18(19)23(2,3)4/h7-11,13-14H,1,12,15H2,2-6H3. The highest BCUT2D eigenvalue weighted by Crippen LogP contribution is 2.37. The van der Waals surface area contributed by atoms with Gasteiger partial charge in [0, 0.05) is 12.1 Å². The van der Waals surface area contributed by atoms with Crippen molar-refractivity contribution >= 4 is 6.16 Å². The number of carbonyl (C=O) groups is 1. The molecule has 156 valence electrons. The summed E-state index contributed by atoms with van der Waals surface area (Å²) in [4.78, 5) is 11.7. The second-order valence-corrected chi connectivity index (χ2v) is 7.29. The minimum absolute atomic E-state index is 0.0612. The van der Waals surface area contributed by atoms with Gasteiger partial charge >= 0.3 is 6.16 Å². The largest absolute Gasteiger partial charge is 0.514 e. The number of hydrogen-bond donors (Lipinski definition) is 0. The van der Waals surface area contributed by atoms with E-state index >= 15 is 0 Å². The van der Waals surface area contributed by atoms with E-state index in [1.165, 1.54) is 20.3 Å². The quantitative estimate of drug-likeness (QED) is 0.341. The number of ether oxygens (including phenoxy) is 5. The molecule has 0 aliphatic heterocycles. The molecule has 2 aromatic carbocycles. The van der Waals surface area contributed by atoms with Crippen molar-refractivity contribution in [3.63, 3.8) is 0 Å². The minimum Gasteiger partial charge on any atom is -0.496 e. The number of hydrogen-bond acceptors (Lipinski definition) is 6. The van der Waals surface area contributed by atoms with Gasteiger partial charge in [-0.05, 0) is 17.0 Å². The van der Waals surface area contributed by atoms with Crippen molar-refractivity contribution in [3.05, 3.63) is 60.2 Å². The molecule has 0 aliphatic carbocycles. The van der Waals surface area contributed by atoms with Gasteiger partial charge in [-0.2, -0.15) is 0 Å². The third-order valence-corrected chi connectivity index (χ3v) is 4.17. The Hall–Kier alpha value is -3.15. The van der Waals surface area contributed by atoms with Crippen LogP contribution >= 0.6 is 0 Å². The van der Waals surface area contributed by atoms with Crippen LogP contribution in [0.5, 0.6) is 23.0 Å². The number of rotatable bonds is 8. The van der Waals surface area contributed by atoms with Gasteiger partial charge in [0.1, 0.15) is 36.2 Å². The molecular weight excluding hydrogens is 372 g/mol. The Morgan fingerprint density at radius 2 is 1.66 bits per heavy atom. The van der Waals surface area contributed by atoms with E-state index in [2.05, 4.69) is 33.4 Å². The Balaban J connectivity index is 2.27. The van der Waals surface area contributed by atoms with Gasteiger partial charge in [-0.1, -0.05) is 51.6 Å². The lowest BCUT2D eigenvalue weighted by molar-refractivity contribution is 0.109. The molecule has 0 radical (unpaired) electrons. The van der Waals surface area contributed by atoms with E-state index in [0.717, 1.165) is 11.3 Å². The lowest BCUT2D eigenvalue weighted by Crippen LogP contribution is -2.14. The predicted molar refractivity (Wildman–Crippen MR) is 111 cm³/mol. The SMILES string of the molecule is C=CCOC(=O)Oc1cc(OC)c(COc2ccccc2C(C)(C)C)c(OC)c1. The van der Waals surface area contributed by atoms with E-state index in [4.69, 9.17) is 23.7 Å². The zero-order valence-corrected chi connectivity index (χ0v) is 17.6. The van der Waals surface area contributed by atoms with Gasteiger partial charge in [0.25, 0.3) is 0 Å². The van der Waals surface area contributed by atoms with Gasteiger partial charge in [-0.25, -0.2) is 4.79 Å². The fourth-order valence-electron chi connectivity index (χ4n) is 2.78. The van der Waals surface area contributed by atoms with Crippen LogP contribution < -0.4 is 18.9 Å². The molecule has 0 amide bonds. The molecule has 2 aromatic rings. The molecule has 0 N–H and O–H groups in total. The van der Waals surface area contributed by atoms with Crippen LogP contribution in [0.4, 0.5) is 4.79 Å². The van der Waals surface area contributed by atoms with Gasteiger partial charge in [0.05, 0.1) is 19.8 Å². The molecule has 0 heterocycles. The normalized spacial score (nSPS) is 10.8. The summed E-state index contributed by atoms with van der Waals surface area (Å²) in [5.41, 5.74) is 1.74. The molecule has 0 aromatic heterocycles. The maximum absolute atomic E-state index is 11.7. The van der Waals surface area contributed by atoms with Crippen LogP contribution in [-0.2, 0) is 16.8 Å². The van der Waals surface area contributed by atoms with Crippen molar-refractivity contribution in [2.75, 3.05) is 20.8 Å². The van der Waals surface area contributed by atoms with Gasteiger partial charge in [-0.15, -0.1) is 0 Å². The van der Waals surface area contributed by atoms with Crippen molar-refractivity contribution in [2.45, 2.75) is 32.8 Å². The summed E-state index contributed by atoms with van der Waals surface area (Å²) in [5, 5.41) is 0. The summed E-state index contributed by atoms with van der Waals surface area (Å²) >= 11 is 0. The fourth-order valence-corrected chi connectivity index (χ4v) is 2.78. The highest BCUT2D eigenvalue weighted by molar-refractivity contribution is 5.65. The monoisotopic (exact) mass is 400 g/mol. The summed E-state index contributed by atoms with van der Waals surface area (Å²) in [7, 11) is 3.06. The molecule has 0 spiro atoms. The zero-order chi connectivity index (χ0) is 21.4. The molecule has 0 aliphatic rings. The predicted octanol–water partition coefficient (Wildman–Crippen LogP) is 5.28. The first kappa shape index (κ1) is 22.1. The summed E-state index contributed by atoms with van der Waals surface area (Å²) < 4.78 is 27.1. The van der Waals surface area contributed by atoms with E-state index in [0.29, 0.717) is 17.1 Å². The van der Waals surface area contributed by atoms with E-state index < -0.39 is 6.16 Å². The first-order valence-corrected chi connectivity index (χ1v) is 9.22. The molecule has 6 nitrogen and oxygen atoms in total. The van der Waals surface area contributed by atoms with Crippen molar-refractivity contribution < 1.29 is 28.5 Å². The summed E-state index contributed by atoms with van der Waals surface area (Å²) in [6.07, 6.45) is 0.621. The lowest BCUT2D eigenvalue weighted by atomic mass is 9.86. The smallest absolute Gasteiger partial charge is 0.496 e. The first-order valence-electron chi connectivity index (χ1n) is 9.22. The lowest BCUT2D eigenvalue weighted by Gasteiger charge is -2.23. The van der Waals surface area contributed by atoms with Gasteiger partial charge in [0.2, 0.25) is 0 Å². The molecule has 0 bridgehead atoms. The zero-order valence-electron chi connectivity index (χ0n) is 17.6. The summed E-state index contributed by atoms with van der Waals surface area (Å²) in [6, 6.07) is 11.1. The first-order chi connectivity index (χ1) is 13.8. The molecular formula is C23H28O6. The van der Waals surface area contributed by atoms with Crippen molar-refractivity contribution in [1.82, 2.24) is 0 Å². The second kappa shape index (κ2) is 9.87. The van der Waals surface area contributed by atoms with Crippen LogP contribution in [0.1, 0.15) is 31.9 Å². The molecule has 0 unspecified atom stereocenters. The van der Waals surface area contributed by atoms with Crippen LogP contribution in [0.3, 0.4) is 0 Å². The maximum atomic E-state index is 11.7. The Bertz CT molecular complexity index is 826. The van der Waals surface area contributed by atoms with E-state index in [-0.39, 0.29) is 24.4 Å². The molecule has 2 rings (SSSR count). The number of carbonyl (C=O) groups excluding carboxylic acids is 1. The molecule has 6 heteroatoms. The topological polar surface area (TPSA) is 63.2 Å². The second-order valence-electron chi connectivity index (χ2n) is 7.29. The summed E-state index contributed by atoms with van der Waals surface area (Å²) in [6.45, 7) is 10.2. The summed E-state index contributed by atoms with van der Waals surface area (Å²) in [5.74, 6) is 1.98. The van der Waals surface area contributed by atoms with Crippen LogP contribution in [0.15, 0.2) is 49.1 Å². The highest BCUT2D eigenvalue weighted by atomic mass is 16.7. The van der Waals surface area contributed by atoms with Gasteiger partial charge < -0.3 is 23.7 Å². The van der Waals surface area contributed by atoms with Crippen molar-refractivity contribution in [1.29, 1.82) is 0 Å². The maximum Gasteiger partial charge on any atom is 0.514 e. The van der Waals surface area contributed by atoms with Crippen LogP contribution in [0, 0.1) is 0 Å². The molecule has 0 saturated heterocycles. The van der Waals surface area contributed by atoms with E-state index in [1.807, 2.05) is 18.2 Å². The Kier molecular flexibility index (Phi) is 7.53. The fraction of sp³-hybridized carbons (Fsp3) is 0.348. The van der Waals surface area contributed by atoms with E-state index in [9.17, 15) is 4.79 Å². The minimum atomic E-state index is -0.836. The molecule has 29 heavy (non-hydrogen) atoms. The molecule has 0 saturated carbocycles. The van der Waals surface area contributed by atoms with Crippen molar-refractivity contribution in [2.24, 2.45) is 0 Å². The van der Waals surface area contributed by atoms with Crippen molar-refractivity contribution in [3.8, 4) is 23.0 Å². The molecule has 0 fully saturated rings. The van der Waals surface area contributed by atoms with Gasteiger partial charge in [0.15, 0.2) is 0 Å². The number of benzene rings is 2. The van der Waals surface area contributed by atoms with Crippen LogP contribution in [0.2, 0.25) is 0 Å². The molecule has 0 atom stereocenters. The highest BCUT2D eigenvalue weighted by Gasteiger charge is 2.20. The number of methoxy groups -OCH3 is 2. The van der Waals surface area contributed by atoms with E-state index in [1.54, 1.807) is 12.1 Å². The average Bonchev–Trinajstić information content (AvgIpc) is 2.70. The third-order valence-electron chi connectivity index (χ3n) is 4.17. The Morgan fingerprint density at radius 1 is 1.03 bits per heavy atom. The Morgan fingerprint density at radius 3 is 2.21 bits per heavy atom.